The third-order valence-electron chi connectivity index (χ3n) is 3.91. The SMILES string of the molecule is COc1cc(/C=C/C(=O)/C=C/c2ccc(C)c(C)c2)cc(OC)c1O. The maximum absolute atomic E-state index is 12.0. The molecule has 0 heterocycles. The van der Waals surface area contributed by atoms with Gasteiger partial charge in [0.15, 0.2) is 17.3 Å². The second-order valence-corrected chi connectivity index (χ2v) is 5.69. The molecule has 0 aliphatic carbocycles. The number of aromatic hydroxyl groups is 1. The molecule has 0 spiro atoms. The molecule has 0 unspecified atom stereocenters. The minimum absolute atomic E-state index is 0.0666. The van der Waals surface area contributed by atoms with Crippen molar-refractivity contribution in [3.8, 4) is 17.2 Å². The number of allylic oxidation sites excluding steroid dienone is 2. The lowest BCUT2D eigenvalue weighted by molar-refractivity contribution is -0.110. The number of hydrogen-bond acceptors (Lipinski definition) is 4. The van der Waals surface area contributed by atoms with Gasteiger partial charge in [-0.25, -0.2) is 0 Å². The molecule has 0 saturated heterocycles. The number of rotatable bonds is 6. The summed E-state index contributed by atoms with van der Waals surface area (Å²) in [6.07, 6.45) is 6.42. The second-order valence-electron chi connectivity index (χ2n) is 5.69. The zero-order chi connectivity index (χ0) is 18.4. The Hall–Kier alpha value is -3.01. The summed E-state index contributed by atoms with van der Waals surface area (Å²) in [6.45, 7) is 4.09. The standard InChI is InChI=1S/C21H22O4/c1-14-5-6-16(11-15(14)2)7-9-18(22)10-8-17-12-19(24-3)21(23)20(13-17)25-4/h5-13,23H,1-4H3/b9-7+,10-8+. The highest BCUT2D eigenvalue weighted by atomic mass is 16.5. The Morgan fingerprint density at radius 2 is 1.44 bits per heavy atom. The summed E-state index contributed by atoms with van der Waals surface area (Å²) < 4.78 is 10.2. The molecule has 0 bridgehead atoms. The molecule has 0 fully saturated rings. The average molecular weight is 338 g/mol. The van der Waals surface area contributed by atoms with E-state index in [2.05, 4.69) is 6.92 Å². The van der Waals surface area contributed by atoms with Crippen LogP contribution in [0.25, 0.3) is 12.2 Å². The third-order valence-corrected chi connectivity index (χ3v) is 3.91. The molecule has 2 aromatic rings. The van der Waals surface area contributed by atoms with Gasteiger partial charge in [0, 0.05) is 0 Å². The summed E-state index contributed by atoms with van der Waals surface area (Å²) in [7, 11) is 2.92. The average Bonchev–Trinajstić information content (AvgIpc) is 2.61. The summed E-state index contributed by atoms with van der Waals surface area (Å²) in [5.41, 5.74) is 4.09. The molecule has 0 atom stereocenters. The van der Waals surface area contributed by atoms with Crippen LogP contribution in [0.15, 0.2) is 42.5 Å². The van der Waals surface area contributed by atoms with E-state index in [1.807, 2.05) is 25.1 Å². The molecule has 0 aliphatic heterocycles. The number of methoxy groups -OCH3 is 2. The topological polar surface area (TPSA) is 55.8 Å². The van der Waals surface area contributed by atoms with E-state index in [0.29, 0.717) is 5.56 Å². The smallest absolute Gasteiger partial charge is 0.200 e. The predicted molar refractivity (Wildman–Crippen MR) is 100 cm³/mol. The normalized spacial score (nSPS) is 11.2. The van der Waals surface area contributed by atoms with Gasteiger partial charge in [-0.1, -0.05) is 30.4 Å². The zero-order valence-corrected chi connectivity index (χ0v) is 14.9. The summed E-state index contributed by atoms with van der Waals surface area (Å²) in [5.74, 6) is 0.376. The minimum Gasteiger partial charge on any atom is -0.502 e. The number of carbonyl (C=O) groups excluding carboxylic acids is 1. The van der Waals surface area contributed by atoms with E-state index in [-0.39, 0.29) is 23.0 Å². The van der Waals surface area contributed by atoms with Gasteiger partial charge < -0.3 is 14.6 Å². The van der Waals surface area contributed by atoms with E-state index >= 15 is 0 Å². The van der Waals surface area contributed by atoms with Crippen LogP contribution in [0.3, 0.4) is 0 Å². The highest BCUT2D eigenvalue weighted by Crippen LogP contribution is 2.37. The first kappa shape index (κ1) is 18.3. The molecule has 4 nitrogen and oxygen atoms in total. The highest BCUT2D eigenvalue weighted by Gasteiger charge is 2.09. The first-order valence-electron chi connectivity index (χ1n) is 7.87. The van der Waals surface area contributed by atoms with Crippen LogP contribution in [0, 0.1) is 13.8 Å². The van der Waals surface area contributed by atoms with E-state index in [1.54, 1.807) is 24.3 Å². The number of hydrogen-bond donors (Lipinski definition) is 1. The van der Waals surface area contributed by atoms with Crippen LogP contribution in [0.5, 0.6) is 17.2 Å². The first-order valence-corrected chi connectivity index (χ1v) is 7.87. The largest absolute Gasteiger partial charge is 0.502 e. The lowest BCUT2D eigenvalue weighted by Crippen LogP contribution is -1.91. The van der Waals surface area contributed by atoms with E-state index in [9.17, 15) is 9.90 Å². The van der Waals surface area contributed by atoms with Gasteiger partial charge in [-0.3, -0.25) is 4.79 Å². The molecule has 0 amide bonds. The maximum Gasteiger partial charge on any atom is 0.200 e. The summed E-state index contributed by atoms with van der Waals surface area (Å²) in [4.78, 5) is 12.0. The Morgan fingerprint density at radius 3 is 1.96 bits per heavy atom. The first-order chi connectivity index (χ1) is 11.9. The molecular formula is C21H22O4. The van der Waals surface area contributed by atoms with Crippen LogP contribution in [0.1, 0.15) is 22.3 Å². The monoisotopic (exact) mass is 338 g/mol. The van der Waals surface area contributed by atoms with Crippen LogP contribution in [0.4, 0.5) is 0 Å². The van der Waals surface area contributed by atoms with Gasteiger partial charge in [-0.2, -0.15) is 0 Å². The quantitative estimate of drug-likeness (QED) is 0.797. The number of phenolic OH excluding ortho intramolecular Hbond substituents is 1. The fourth-order valence-corrected chi connectivity index (χ4v) is 2.29. The molecule has 2 rings (SSSR count). The van der Waals surface area contributed by atoms with Crippen molar-refractivity contribution in [2.75, 3.05) is 14.2 Å². The predicted octanol–water partition coefficient (Wildman–Crippen LogP) is 4.32. The second kappa shape index (κ2) is 8.20. The van der Waals surface area contributed by atoms with Crippen LogP contribution in [0.2, 0.25) is 0 Å². The van der Waals surface area contributed by atoms with Crippen LogP contribution in [-0.4, -0.2) is 25.1 Å². The molecule has 25 heavy (non-hydrogen) atoms. The van der Waals surface area contributed by atoms with E-state index < -0.39 is 0 Å². The van der Waals surface area contributed by atoms with E-state index in [0.717, 1.165) is 5.56 Å². The number of phenols is 1. The van der Waals surface area contributed by atoms with Crippen LogP contribution in [-0.2, 0) is 4.79 Å². The number of ether oxygens (including phenoxy) is 2. The van der Waals surface area contributed by atoms with Crippen molar-refractivity contribution in [2.45, 2.75) is 13.8 Å². The molecule has 2 aromatic carbocycles. The maximum atomic E-state index is 12.0. The Morgan fingerprint density at radius 1 is 0.880 bits per heavy atom. The van der Waals surface area contributed by atoms with Crippen molar-refractivity contribution in [1.82, 2.24) is 0 Å². The summed E-state index contributed by atoms with van der Waals surface area (Å²) in [5, 5.41) is 9.89. The van der Waals surface area contributed by atoms with Crippen molar-refractivity contribution in [3.05, 3.63) is 64.7 Å². The lowest BCUT2D eigenvalue weighted by atomic mass is 10.1. The van der Waals surface area contributed by atoms with Crippen molar-refractivity contribution >= 4 is 17.9 Å². The van der Waals surface area contributed by atoms with Gasteiger partial charge in [0.2, 0.25) is 5.75 Å². The molecule has 0 aliphatic rings. The van der Waals surface area contributed by atoms with Crippen molar-refractivity contribution in [2.24, 2.45) is 0 Å². The number of ketones is 1. The third kappa shape index (κ3) is 4.73. The van der Waals surface area contributed by atoms with Gasteiger partial charge in [0.1, 0.15) is 0 Å². The Labute approximate surface area is 148 Å². The lowest BCUT2D eigenvalue weighted by Gasteiger charge is -2.09. The summed E-state index contributed by atoms with van der Waals surface area (Å²) in [6, 6.07) is 9.32. The number of benzene rings is 2. The highest BCUT2D eigenvalue weighted by molar-refractivity contribution is 6.04. The molecule has 0 saturated carbocycles. The molecule has 4 heteroatoms. The number of aryl methyl sites for hydroxylation is 2. The molecule has 1 N–H and O–H groups in total. The fraction of sp³-hybridized carbons (Fsp3) is 0.190. The molecule has 130 valence electrons. The van der Waals surface area contributed by atoms with Crippen molar-refractivity contribution in [3.63, 3.8) is 0 Å². The Bertz CT molecular complexity index is 807. The van der Waals surface area contributed by atoms with Gasteiger partial charge in [-0.15, -0.1) is 0 Å². The molecular weight excluding hydrogens is 316 g/mol. The van der Waals surface area contributed by atoms with Crippen LogP contribution < -0.4 is 9.47 Å². The van der Waals surface area contributed by atoms with E-state index in [1.165, 1.54) is 37.5 Å². The van der Waals surface area contributed by atoms with Gasteiger partial charge in [0.25, 0.3) is 0 Å². The van der Waals surface area contributed by atoms with Gasteiger partial charge >= 0.3 is 0 Å². The van der Waals surface area contributed by atoms with Crippen molar-refractivity contribution in [1.29, 1.82) is 0 Å². The fourth-order valence-electron chi connectivity index (χ4n) is 2.29. The van der Waals surface area contributed by atoms with Crippen molar-refractivity contribution < 1.29 is 19.4 Å². The van der Waals surface area contributed by atoms with Gasteiger partial charge in [-0.05, 0) is 60.4 Å². The minimum atomic E-state index is -0.135. The number of carbonyl (C=O) groups is 1. The van der Waals surface area contributed by atoms with E-state index in [4.69, 9.17) is 9.47 Å². The van der Waals surface area contributed by atoms with Crippen LogP contribution >= 0.6 is 0 Å². The molecule has 0 radical (unpaired) electrons. The van der Waals surface area contributed by atoms with Gasteiger partial charge in [0.05, 0.1) is 14.2 Å². The Balaban J connectivity index is 2.14. The Kier molecular flexibility index (Phi) is 6.01. The summed E-state index contributed by atoms with van der Waals surface area (Å²) >= 11 is 0. The molecule has 0 aromatic heterocycles. The zero-order valence-electron chi connectivity index (χ0n) is 14.9.